The Morgan fingerprint density at radius 1 is 0.333 bits per heavy atom. The maximum absolute atomic E-state index is 2.46. The van der Waals surface area contributed by atoms with Crippen LogP contribution in [0.1, 0.15) is 143 Å². The fourth-order valence-corrected chi connectivity index (χ4v) is 4.49. The summed E-state index contributed by atoms with van der Waals surface area (Å²) >= 11 is 0. The number of quaternary nitrogens is 1. The van der Waals surface area contributed by atoms with Gasteiger partial charge >= 0.3 is 0 Å². The zero-order valence-electron chi connectivity index (χ0n) is 20.0. The summed E-state index contributed by atoms with van der Waals surface area (Å²) in [6.45, 7) is 15.1. The fourth-order valence-electron chi connectivity index (χ4n) is 4.49. The van der Waals surface area contributed by atoms with Gasteiger partial charge in [0.15, 0.2) is 0 Å². The standard InChI is InChI=1S/C26H56N/c1-5-9-12-15-18-21-24-27(8-4,25-22-19-16-13-10-6-2)26-23-20-17-14-11-7-3/h5-26H2,1-4H3/q+1. The minimum Gasteiger partial charge on any atom is -0.324 e. The van der Waals surface area contributed by atoms with Gasteiger partial charge in [-0.15, -0.1) is 0 Å². The number of hydrogen-bond acceptors (Lipinski definition) is 0. The van der Waals surface area contributed by atoms with Crippen molar-refractivity contribution >= 4 is 0 Å². The van der Waals surface area contributed by atoms with Gasteiger partial charge in [-0.05, 0) is 45.4 Å². The monoisotopic (exact) mass is 382 g/mol. The van der Waals surface area contributed by atoms with Gasteiger partial charge in [0.2, 0.25) is 0 Å². The predicted octanol–water partition coefficient (Wildman–Crippen LogP) is 8.90. The normalized spacial score (nSPS) is 12.0. The molecule has 0 radical (unpaired) electrons. The molecular formula is C26H56N+. The van der Waals surface area contributed by atoms with E-state index in [2.05, 4.69) is 27.7 Å². The topological polar surface area (TPSA) is 0 Å². The maximum atomic E-state index is 2.46. The molecule has 0 bridgehead atoms. The molecule has 0 heterocycles. The highest BCUT2D eigenvalue weighted by Crippen LogP contribution is 2.18. The average Bonchev–Trinajstić information content (AvgIpc) is 2.69. The fraction of sp³-hybridized carbons (Fsp3) is 1.00. The van der Waals surface area contributed by atoms with Crippen LogP contribution in [-0.4, -0.2) is 30.7 Å². The summed E-state index contributed by atoms with van der Waals surface area (Å²) in [6.07, 6.45) is 25.9. The second kappa shape index (κ2) is 20.7. The molecular weight excluding hydrogens is 326 g/mol. The van der Waals surface area contributed by atoms with E-state index in [1.54, 1.807) is 0 Å². The molecule has 0 spiro atoms. The summed E-state index contributed by atoms with van der Waals surface area (Å²) in [5.41, 5.74) is 0. The lowest BCUT2D eigenvalue weighted by Crippen LogP contribution is -2.50. The molecule has 0 aliphatic heterocycles. The highest BCUT2D eigenvalue weighted by Gasteiger charge is 2.23. The molecule has 0 unspecified atom stereocenters. The van der Waals surface area contributed by atoms with Gasteiger partial charge in [-0.2, -0.15) is 0 Å². The minimum atomic E-state index is 1.36. The molecule has 0 saturated heterocycles. The van der Waals surface area contributed by atoms with Crippen LogP contribution in [0.15, 0.2) is 0 Å². The van der Waals surface area contributed by atoms with Crippen LogP contribution in [0, 0.1) is 0 Å². The van der Waals surface area contributed by atoms with Crippen molar-refractivity contribution in [2.24, 2.45) is 0 Å². The Hall–Kier alpha value is -0.0400. The van der Waals surface area contributed by atoms with E-state index in [1.165, 1.54) is 146 Å². The number of nitrogens with zero attached hydrogens (tertiary/aromatic N) is 1. The van der Waals surface area contributed by atoms with Gasteiger partial charge in [-0.25, -0.2) is 0 Å². The maximum Gasteiger partial charge on any atom is 0.0786 e. The first kappa shape index (κ1) is 27.0. The first-order valence-corrected chi connectivity index (χ1v) is 13.1. The van der Waals surface area contributed by atoms with Gasteiger partial charge in [0.1, 0.15) is 0 Å². The molecule has 0 N–H and O–H groups in total. The van der Waals surface area contributed by atoms with Gasteiger partial charge in [0.05, 0.1) is 26.2 Å². The molecule has 0 rings (SSSR count). The Morgan fingerprint density at radius 3 is 0.852 bits per heavy atom. The smallest absolute Gasteiger partial charge is 0.0786 e. The van der Waals surface area contributed by atoms with Crippen molar-refractivity contribution in [3.63, 3.8) is 0 Å². The zero-order valence-corrected chi connectivity index (χ0v) is 20.0. The highest BCUT2D eigenvalue weighted by atomic mass is 15.3. The quantitative estimate of drug-likeness (QED) is 0.129. The first-order valence-electron chi connectivity index (χ1n) is 13.1. The van der Waals surface area contributed by atoms with Crippen molar-refractivity contribution in [3.8, 4) is 0 Å². The second-order valence-electron chi connectivity index (χ2n) is 9.13. The summed E-state index contributed by atoms with van der Waals surface area (Å²) in [4.78, 5) is 0. The summed E-state index contributed by atoms with van der Waals surface area (Å²) in [7, 11) is 0. The molecule has 0 aliphatic rings. The van der Waals surface area contributed by atoms with Gasteiger partial charge in [0, 0.05) is 0 Å². The SMILES string of the molecule is CCCCCCCC[N+](CC)(CCCCCCCC)CCCCCCCC. The third-order valence-electron chi connectivity index (χ3n) is 6.63. The van der Waals surface area contributed by atoms with Crippen molar-refractivity contribution < 1.29 is 4.48 Å². The molecule has 1 nitrogen and oxygen atoms in total. The van der Waals surface area contributed by atoms with Crippen LogP contribution >= 0.6 is 0 Å². The number of unbranched alkanes of at least 4 members (excludes halogenated alkanes) is 15. The van der Waals surface area contributed by atoms with E-state index in [1.807, 2.05) is 0 Å². The van der Waals surface area contributed by atoms with Crippen LogP contribution in [0.5, 0.6) is 0 Å². The molecule has 0 amide bonds. The van der Waals surface area contributed by atoms with Gasteiger partial charge < -0.3 is 4.48 Å². The Kier molecular flexibility index (Phi) is 20.7. The van der Waals surface area contributed by atoms with Gasteiger partial charge in [0.25, 0.3) is 0 Å². The molecule has 1 heteroatoms. The Balaban J connectivity index is 4.23. The van der Waals surface area contributed by atoms with Crippen LogP contribution in [0.25, 0.3) is 0 Å². The van der Waals surface area contributed by atoms with Crippen molar-refractivity contribution in [2.75, 3.05) is 26.2 Å². The Bertz CT molecular complexity index is 233. The zero-order chi connectivity index (χ0) is 20.1. The van der Waals surface area contributed by atoms with E-state index in [4.69, 9.17) is 0 Å². The van der Waals surface area contributed by atoms with Gasteiger partial charge in [-0.1, -0.05) is 97.8 Å². The molecule has 164 valence electrons. The second-order valence-corrected chi connectivity index (χ2v) is 9.13. The van der Waals surface area contributed by atoms with Gasteiger partial charge in [-0.3, -0.25) is 0 Å². The lowest BCUT2D eigenvalue weighted by Gasteiger charge is -2.38. The molecule has 0 atom stereocenters. The molecule has 0 aromatic carbocycles. The minimum absolute atomic E-state index is 1.36. The van der Waals surface area contributed by atoms with Crippen LogP contribution in [0.3, 0.4) is 0 Å². The lowest BCUT2D eigenvalue weighted by molar-refractivity contribution is -0.927. The van der Waals surface area contributed by atoms with E-state index >= 15 is 0 Å². The molecule has 0 aromatic heterocycles. The van der Waals surface area contributed by atoms with Crippen molar-refractivity contribution in [1.82, 2.24) is 0 Å². The van der Waals surface area contributed by atoms with E-state index in [0.29, 0.717) is 0 Å². The third kappa shape index (κ3) is 16.6. The summed E-state index contributed by atoms with van der Waals surface area (Å²) in [5, 5.41) is 0. The number of rotatable bonds is 22. The average molecular weight is 383 g/mol. The van der Waals surface area contributed by atoms with Crippen LogP contribution < -0.4 is 0 Å². The molecule has 0 aliphatic carbocycles. The summed E-state index contributed by atoms with van der Waals surface area (Å²) in [5.74, 6) is 0. The molecule has 0 aromatic rings. The first-order chi connectivity index (χ1) is 13.2. The van der Waals surface area contributed by atoms with Crippen molar-refractivity contribution in [2.45, 2.75) is 143 Å². The molecule has 0 saturated carbocycles. The summed E-state index contributed by atoms with van der Waals surface area (Å²) in [6, 6.07) is 0. The van der Waals surface area contributed by atoms with Crippen molar-refractivity contribution in [1.29, 1.82) is 0 Å². The molecule has 0 fully saturated rings. The van der Waals surface area contributed by atoms with Crippen LogP contribution in [0.2, 0.25) is 0 Å². The molecule has 27 heavy (non-hydrogen) atoms. The Labute approximate surface area is 174 Å². The predicted molar refractivity (Wildman–Crippen MR) is 126 cm³/mol. The van der Waals surface area contributed by atoms with E-state index in [-0.39, 0.29) is 0 Å². The lowest BCUT2D eigenvalue weighted by atomic mass is 10.1. The summed E-state index contributed by atoms with van der Waals surface area (Å²) < 4.78 is 1.43. The third-order valence-corrected chi connectivity index (χ3v) is 6.63. The Morgan fingerprint density at radius 2 is 0.593 bits per heavy atom. The number of hydrogen-bond donors (Lipinski definition) is 0. The van der Waals surface area contributed by atoms with Crippen LogP contribution in [0.4, 0.5) is 0 Å². The van der Waals surface area contributed by atoms with E-state index in [0.717, 1.165) is 0 Å². The highest BCUT2D eigenvalue weighted by molar-refractivity contribution is 4.52. The largest absolute Gasteiger partial charge is 0.324 e. The van der Waals surface area contributed by atoms with Crippen LogP contribution in [-0.2, 0) is 0 Å². The van der Waals surface area contributed by atoms with E-state index < -0.39 is 0 Å². The van der Waals surface area contributed by atoms with Crippen molar-refractivity contribution in [3.05, 3.63) is 0 Å². The van der Waals surface area contributed by atoms with E-state index in [9.17, 15) is 0 Å².